The molecule has 0 aliphatic carbocycles. The molecular weight excluding hydrogens is 399 g/mol. The predicted molar refractivity (Wildman–Crippen MR) is 91.6 cm³/mol. The monoisotopic (exact) mass is 412 g/mol. The first-order chi connectivity index (χ1) is 11.4. The lowest BCUT2D eigenvalue weighted by Gasteiger charge is -2.17. The van der Waals surface area contributed by atoms with Crippen LogP contribution in [0.4, 0.5) is 10.1 Å². The van der Waals surface area contributed by atoms with Crippen molar-refractivity contribution in [2.24, 2.45) is 0 Å². The van der Waals surface area contributed by atoms with E-state index in [2.05, 4.69) is 20.7 Å². The molecule has 1 fully saturated rings. The topological polar surface area (TPSA) is 66.5 Å². The van der Waals surface area contributed by atoms with Crippen LogP contribution in [0.5, 0.6) is 0 Å². The number of rotatable bonds is 4. The number of nitrogens with one attached hydrogen (secondary N) is 1. The minimum Gasteiger partial charge on any atom is -0.311 e. The van der Waals surface area contributed by atoms with Gasteiger partial charge in [0.15, 0.2) is 0 Å². The molecule has 3 rings (SSSR count). The maximum absolute atomic E-state index is 13.0. The molecule has 1 aliphatic heterocycles. The van der Waals surface area contributed by atoms with Crippen molar-refractivity contribution < 1.29 is 17.6 Å². The van der Waals surface area contributed by atoms with Gasteiger partial charge in [0.05, 0.1) is 4.90 Å². The Morgan fingerprint density at radius 1 is 1.08 bits per heavy atom. The van der Waals surface area contributed by atoms with Crippen molar-refractivity contribution in [3.8, 4) is 0 Å². The Morgan fingerprint density at radius 3 is 2.33 bits per heavy atom. The zero-order valence-corrected chi connectivity index (χ0v) is 14.8. The fourth-order valence-electron chi connectivity index (χ4n) is 2.54. The van der Waals surface area contributed by atoms with Crippen molar-refractivity contribution in [2.75, 3.05) is 11.4 Å². The van der Waals surface area contributed by atoms with Crippen LogP contribution in [0.2, 0.25) is 0 Å². The second-order valence-corrected chi connectivity index (χ2v) is 8.01. The summed E-state index contributed by atoms with van der Waals surface area (Å²) in [4.78, 5) is 14.0. The summed E-state index contributed by atoms with van der Waals surface area (Å²) in [6.45, 7) is 0.373. The van der Waals surface area contributed by atoms with Gasteiger partial charge in [0.2, 0.25) is 15.9 Å². The van der Waals surface area contributed by atoms with Gasteiger partial charge in [0.1, 0.15) is 11.9 Å². The van der Waals surface area contributed by atoms with Crippen molar-refractivity contribution in [3.63, 3.8) is 0 Å². The third kappa shape index (κ3) is 3.50. The molecule has 2 aromatic carbocycles. The van der Waals surface area contributed by atoms with E-state index in [1.807, 2.05) is 0 Å². The van der Waals surface area contributed by atoms with Crippen LogP contribution < -0.4 is 9.62 Å². The number of sulfonamides is 1. The summed E-state index contributed by atoms with van der Waals surface area (Å²) in [7, 11) is -3.78. The number of hydrogen-bond acceptors (Lipinski definition) is 3. The number of hydrogen-bond donors (Lipinski definition) is 1. The lowest BCUT2D eigenvalue weighted by Crippen LogP contribution is -2.41. The normalized spacial score (nSPS) is 18.2. The zero-order chi connectivity index (χ0) is 17.3. The number of benzene rings is 2. The quantitative estimate of drug-likeness (QED) is 0.839. The second kappa shape index (κ2) is 6.62. The molecule has 1 atom stereocenters. The molecule has 0 unspecified atom stereocenters. The molecule has 0 bridgehead atoms. The van der Waals surface area contributed by atoms with Gasteiger partial charge < -0.3 is 4.90 Å². The van der Waals surface area contributed by atoms with E-state index in [0.717, 1.165) is 4.47 Å². The third-order valence-corrected chi connectivity index (χ3v) is 5.78. The molecular formula is C16H14BrFN2O3S. The van der Waals surface area contributed by atoms with Crippen LogP contribution in [0.1, 0.15) is 6.42 Å². The van der Waals surface area contributed by atoms with Crippen LogP contribution in [-0.2, 0) is 14.8 Å². The molecule has 1 N–H and O–H groups in total. The van der Waals surface area contributed by atoms with Crippen LogP contribution in [0.3, 0.4) is 0 Å². The fraction of sp³-hybridized carbons (Fsp3) is 0.188. The van der Waals surface area contributed by atoms with Crippen LogP contribution in [-0.4, -0.2) is 26.9 Å². The van der Waals surface area contributed by atoms with E-state index in [9.17, 15) is 17.6 Å². The summed E-state index contributed by atoms with van der Waals surface area (Å²) in [6, 6.07) is 10.9. The lowest BCUT2D eigenvalue weighted by molar-refractivity contribution is -0.118. The molecule has 0 spiro atoms. The van der Waals surface area contributed by atoms with Crippen molar-refractivity contribution in [1.82, 2.24) is 4.72 Å². The number of halogens is 2. The van der Waals surface area contributed by atoms with Gasteiger partial charge in [0, 0.05) is 16.7 Å². The molecule has 126 valence electrons. The van der Waals surface area contributed by atoms with E-state index in [1.54, 1.807) is 12.1 Å². The van der Waals surface area contributed by atoms with Gasteiger partial charge in [0.25, 0.3) is 0 Å². The van der Waals surface area contributed by atoms with Gasteiger partial charge >= 0.3 is 0 Å². The van der Waals surface area contributed by atoms with E-state index < -0.39 is 21.9 Å². The first kappa shape index (κ1) is 17.1. The fourth-order valence-corrected chi connectivity index (χ4v) is 4.02. The van der Waals surface area contributed by atoms with E-state index >= 15 is 0 Å². The number of carbonyl (C=O) groups excluding carboxylic acids is 1. The zero-order valence-electron chi connectivity index (χ0n) is 12.4. The Kier molecular flexibility index (Phi) is 4.71. The highest BCUT2D eigenvalue weighted by atomic mass is 79.9. The van der Waals surface area contributed by atoms with E-state index in [4.69, 9.17) is 0 Å². The highest BCUT2D eigenvalue weighted by molar-refractivity contribution is 9.10. The Bertz CT molecular complexity index is 854. The molecule has 1 amide bonds. The highest BCUT2D eigenvalue weighted by Crippen LogP contribution is 2.23. The number of carbonyl (C=O) groups is 1. The van der Waals surface area contributed by atoms with Crippen LogP contribution in [0, 0.1) is 5.82 Å². The molecule has 24 heavy (non-hydrogen) atoms. The average Bonchev–Trinajstić information content (AvgIpc) is 2.89. The standard InChI is InChI=1S/C16H14BrFN2O3S/c17-11-1-7-14(8-2-11)24(22,23)19-15-9-10-20(16(15)21)13-5-3-12(18)4-6-13/h1-8,15,19H,9-10H2/t15-/m0/s1. The molecule has 2 aromatic rings. The van der Waals surface area contributed by atoms with Crippen LogP contribution in [0.15, 0.2) is 57.9 Å². The summed E-state index contributed by atoms with van der Waals surface area (Å²) in [5.74, 6) is -0.736. The van der Waals surface area contributed by atoms with Gasteiger partial charge in [-0.15, -0.1) is 0 Å². The van der Waals surface area contributed by atoms with E-state index in [-0.39, 0.29) is 10.8 Å². The van der Waals surface area contributed by atoms with Crippen molar-refractivity contribution in [2.45, 2.75) is 17.4 Å². The molecule has 8 heteroatoms. The van der Waals surface area contributed by atoms with Gasteiger partial charge in [-0.25, -0.2) is 12.8 Å². The Balaban J connectivity index is 1.76. The Labute approximate surface area is 147 Å². The van der Waals surface area contributed by atoms with Crippen molar-refractivity contribution in [3.05, 3.63) is 58.8 Å². The molecule has 0 radical (unpaired) electrons. The van der Waals surface area contributed by atoms with Gasteiger partial charge in [-0.3, -0.25) is 4.79 Å². The third-order valence-electron chi connectivity index (χ3n) is 3.77. The molecule has 1 saturated heterocycles. The number of anilines is 1. The molecule has 5 nitrogen and oxygen atoms in total. The summed E-state index contributed by atoms with van der Waals surface area (Å²) in [5, 5.41) is 0. The maximum Gasteiger partial charge on any atom is 0.245 e. The molecule has 1 aliphatic rings. The molecule has 1 heterocycles. The van der Waals surface area contributed by atoms with E-state index in [0.29, 0.717) is 18.7 Å². The predicted octanol–water partition coefficient (Wildman–Crippen LogP) is 2.67. The largest absolute Gasteiger partial charge is 0.311 e. The number of amides is 1. The van der Waals surface area contributed by atoms with Crippen LogP contribution >= 0.6 is 15.9 Å². The SMILES string of the molecule is O=C1[C@@H](NS(=O)(=O)c2ccc(Br)cc2)CCN1c1ccc(F)cc1. The van der Waals surface area contributed by atoms with Gasteiger partial charge in [-0.1, -0.05) is 15.9 Å². The average molecular weight is 413 g/mol. The Hall–Kier alpha value is -1.77. The lowest BCUT2D eigenvalue weighted by atomic mass is 10.3. The molecule has 0 saturated carbocycles. The summed E-state index contributed by atoms with van der Waals surface area (Å²) < 4.78 is 41.0. The smallest absolute Gasteiger partial charge is 0.245 e. The second-order valence-electron chi connectivity index (χ2n) is 5.38. The highest BCUT2D eigenvalue weighted by Gasteiger charge is 2.35. The van der Waals surface area contributed by atoms with Gasteiger partial charge in [-0.05, 0) is 55.0 Å². The molecule has 0 aromatic heterocycles. The number of nitrogens with zero attached hydrogens (tertiary/aromatic N) is 1. The first-order valence-electron chi connectivity index (χ1n) is 7.22. The minimum atomic E-state index is -3.78. The van der Waals surface area contributed by atoms with Crippen LogP contribution in [0.25, 0.3) is 0 Å². The minimum absolute atomic E-state index is 0.0960. The summed E-state index contributed by atoms with van der Waals surface area (Å²) >= 11 is 3.25. The van der Waals surface area contributed by atoms with E-state index in [1.165, 1.54) is 41.3 Å². The van der Waals surface area contributed by atoms with Crippen molar-refractivity contribution in [1.29, 1.82) is 0 Å². The first-order valence-corrected chi connectivity index (χ1v) is 9.49. The Morgan fingerprint density at radius 2 is 1.71 bits per heavy atom. The summed E-state index contributed by atoms with van der Waals surface area (Å²) in [5.41, 5.74) is 0.548. The summed E-state index contributed by atoms with van der Waals surface area (Å²) in [6.07, 6.45) is 0.353. The maximum atomic E-state index is 13.0. The van der Waals surface area contributed by atoms with Crippen molar-refractivity contribution >= 4 is 37.5 Å². The van der Waals surface area contributed by atoms with Gasteiger partial charge in [-0.2, -0.15) is 4.72 Å².